The number of hydrogen-bond donors (Lipinski definition) is 0. The fourth-order valence-corrected chi connectivity index (χ4v) is 2.62. The van der Waals surface area contributed by atoms with Gasteiger partial charge in [0.1, 0.15) is 0 Å². The maximum Gasteiger partial charge on any atom is 0.156 e. The smallest absolute Gasteiger partial charge is 0.156 e. The van der Waals surface area contributed by atoms with Crippen LogP contribution in [0.15, 0.2) is 36.7 Å². The van der Waals surface area contributed by atoms with Gasteiger partial charge in [0.05, 0.1) is 16.9 Å². The summed E-state index contributed by atoms with van der Waals surface area (Å²) in [5, 5.41) is 0.676. The predicted octanol–water partition coefficient (Wildman–Crippen LogP) is 4.58. The summed E-state index contributed by atoms with van der Waals surface area (Å²) in [6.45, 7) is 6.40. The van der Waals surface area contributed by atoms with Gasteiger partial charge in [0, 0.05) is 11.8 Å². The average Bonchev–Trinajstić information content (AvgIpc) is 2.79. The van der Waals surface area contributed by atoms with E-state index in [-0.39, 0.29) is 0 Å². The molecule has 0 radical (unpaired) electrons. The summed E-state index contributed by atoms with van der Waals surface area (Å²) < 4.78 is 2.04. The van der Waals surface area contributed by atoms with E-state index in [2.05, 4.69) is 37.9 Å². The van der Waals surface area contributed by atoms with Gasteiger partial charge in [0.15, 0.2) is 5.65 Å². The van der Waals surface area contributed by atoms with Gasteiger partial charge in [-0.25, -0.2) is 4.98 Å². The molecule has 3 aromatic rings. The normalized spacial score (nSPS) is 11.2. The minimum Gasteiger partial charge on any atom is -0.298 e. The number of nitrogens with zero attached hydrogens (tertiary/aromatic N) is 2. The first-order valence-electron chi connectivity index (χ1n) is 6.27. The highest BCUT2D eigenvalue weighted by molar-refractivity contribution is 6.33. The lowest BCUT2D eigenvalue weighted by Crippen LogP contribution is -1.93. The van der Waals surface area contributed by atoms with Gasteiger partial charge in [0.2, 0.25) is 0 Å². The quantitative estimate of drug-likeness (QED) is 0.633. The van der Waals surface area contributed by atoms with Crippen molar-refractivity contribution in [3.8, 4) is 11.3 Å². The summed E-state index contributed by atoms with van der Waals surface area (Å²) >= 11 is 6.17. The molecular weight excluding hydrogens is 256 g/mol. The maximum atomic E-state index is 6.17. The van der Waals surface area contributed by atoms with Crippen LogP contribution < -0.4 is 0 Å². The first kappa shape index (κ1) is 12.2. The highest BCUT2D eigenvalue weighted by atomic mass is 35.5. The molecular formula is C16H15ClN2. The van der Waals surface area contributed by atoms with E-state index >= 15 is 0 Å². The van der Waals surface area contributed by atoms with Crippen LogP contribution in [0, 0.1) is 20.8 Å². The van der Waals surface area contributed by atoms with E-state index < -0.39 is 0 Å². The van der Waals surface area contributed by atoms with Crippen LogP contribution in [0.5, 0.6) is 0 Å². The van der Waals surface area contributed by atoms with E-state index in [1.807, 2.05) is 28.9 Å². The molecule has 0 spiro atoms. The van der Waals surface area contributed by atoms with Crippen LogP contribution in [0.3, 0.4) is 0 Å². The molecule has 0 saturated heterocycles. The van der Waals surface area contributed by atoms with Gasteiger partial charge in [-0.3, -0.25) is 4.40 Å². The molecule has 2 heterocycles. The van der Waals surface area contributed by atoms with Crippen molar-refractivity contribution in [2.45, 2.75) is 20.8 Å². The third kappa shape index (κ3) is 1.92. The summed E-state index contributed by atoms with van der Waals surface area (Å²) in [5.74, 6) is 0. The number of halogens is 1. The van der Waals surface area contributed by atoms with Crippen molar-refractivity contribution in [2.75, 3.05) is 0 Å². The van der Waals surface area contributed by atoms with Gasteiger partial charge in [-0.05, 0) is 55.7 Å². The zero-order valence-corrected chi connectivity index (χ0v) is 12.0. The van der Waals surface area contributed by atoms with Crippen molar-refractivity contribution in [1.29, 1.82) is 0 Å². The zero-order chi connectivity index (χ0) is 13.6. The molecule has 3 heteroatoms. The number of pyridine rings is 1. The molecule has 2 aromatic heterocycles. The molecule has 0 fully saturated rings. The predicted molar refractivity (Wildman–Crippen MR) is 79.8 cm³/mol. The Kier molecular flexibility index (Phi) is 2.83. The van der Waals surface area contributed by atoms with Crippen LogP contribution in [-0.4, -0.2) is 9.38 Å². The highest BCUT2D eigenvalue weighted by Gasteiger charge is 2.11. The lowest BCUT2D eigenvalue weighted by molar-refractivity contribution is 1.18. The molecule has 0 aliphatic heterocycles. The van der Waals surface area contributed by atoms with E-state index in [9.17, 15) is 0 Å². The van der Waals surface area contributed by atoms with E-state index in [0.29, 0.717) is 5.02 Å². The van der Waals surface area contributed by atoms with Gasteiger partial charge in [0.25, 0.3) is 0 Å². The lowest BCUT2D eigenvalue weighted by atomic mass is 9.99. The van der Waals surface area contributed by atoms with Gasteiger partial charge < -0.3 is 0 Å². The molecule has 0 atom stereocenters. The number of hydrogen-bond acceptors (Lipinski definition) is 1. The lowest BCUT2D eigenvalue weighted by Gasteiger charge is -2.10. The van der Waals surface area contributed by atoms with Crippen molar-refractivity contribution in [3.63, 3.8) is 0 Å². The fourth-order valence-electron chi connectivity index (χ4n) is 2.41. The number of fused-ring (bicyclic) bond motifs is 1. The zero-order valence-electron chi connectivity index (χ0n) is 11.2. The minimum atomic E-state index is 0.676. The first-order valence-corrected chi connectivity index (χ1v) is 6.65. The number of rotatable bonds is 1. The Hall–Kier alpha value is -1.80. The molecule has 19 heavy (non-hydrogen) atoms. The van der Waals surface area contributed by atoms with Crippen molar-refractivity contribution < 1.29 is 0 Å². The average molecular weight is 271 g/mol. The summed E-state index contributed by atoms with van der Waals surface area (Å²) in [6, 6.07) is 8.24. The molecule has 3 rings (SSSR count). The molecule has 2 nitrogen and oxygen atoms in total. The first-order chi connectivity index (χ1) is 9.08. The maximum absolute atomic E-state index is 6.17. The Morgan fingerprint density at radius 1 is 1.05 bits per heavy atom. The summed E-state index contributed by atoms with van der Waals surface area (Å²) in [6.07, 6.45) is 3.89. The molecule has 0 bridgehead atoms. The second kappa shape index (κ2) is 4.39. The summed E-state index contributed by atoms with van der Waals surface area (Å²) in [5.41, 5.74) is 6.95. The molecule has 0 aliphatic rings. The third-order valence-corrected chi connectivity index (χ3v) is 3.90. The van der Waals surface area contributed by atoms with E-state index in [4.69, 9.17) is 11.6 Å². The largest absolute Gasteiger partial charge is 0.298 e. The Balaban J connectivity index is 2.31. The molecule has 0 amide bonds. The standard InChI is InChI=1S/C16H15ClN2/c1-10-7-12(3)13(8-11(10)2)15-9-18-16-14(17)5-4-6-19(15)16/h4-9H,1-3H3. The highest BCUT2D eigenvalue weighted by Crippen LogP contribution is 2.28. The molecule has 96 valence electrons. The van der Waals surface area contributed by atoms with Gasteiger partial charge in [-0.2, -0.15) is 0 Å². The summed E-state index contributed by atoms with van der Waals surface area (Å²) in [7, 11) is 0. The molecule has 0 aliphatic carbocycles. The Bertz CT molecular complexity index is 772. The van der Waals surface area contributed by atoms with Crippen molar-refractivity contribution in [2.24, 2.45) is 0 Å². The second-order valence-corrected chi connectivity index (χ2v) is 5.35. The molecule has 0 N–H and O–H groups in total. The number of aryl methyl sites for hydroxylation is 3. The van der Waals surface area contributed by atoms with Crippen molar-refractivity contribution in [1.82, 2.24) is 9.38 Å². The molecule has 0 unspecified atom stereocenters. The second-order valence-electron chi connectivity index (χ2n) is 4.94. The topological polar surface area (TPSA) is 17.3 Å². The van der Waals surface area contributed by atoms with Gasteiger partial charge >= 0.3 is 0 Å². The van der Waals surface area contributed by atoms with Crippen LogP contribution in [-0.2, 0) is 0 Å². The van der Waals surface area contributed by atoms with E-state index in [1.165, 1.54) is 22.3 Å². The van der Waals surface area contributed by atoms with Crippen LogP contribution in [0.25, 0.3) is 16.9 Å². The summed E-state index contributed by atoms with van der Waals surface area (Å²) in [4.78, 5) is 4.42. The Morgan fingerprint density at radius 3 is 2.58 bits per heavy atom. The van der Waals surface area contributed by atoms with Crippen LogP contribution in [0.4, 0.5) is 0 Å². The van der Waals surface area contributed by atoms with Crippen LogP contribution >= 0.6 is 11.6 Å². The Morgan fingerprint density at radius 2 is 1.79 bits per heavy atom. The number of benzene rings is 1. The van der Waals surface area contributed by atoms with Gasteiger partial charge in [-0.15, -0.1) is 0 Å². The van der Waals surface area contributed by atoms with E-state index in [1.54, 1.807) is 0 Å². The van der Waals surface area contributed by atoms with Crippen molar-refractivity contribution >= 4 is 17.2 Å². The fraction of sp³-hybridized carbons (Fsp3) is 0.188. The number of imidazole rings is 1. The van der Waals surface area contributed by atoms with Gasteiger partial charge in [-0.1, -0.05) is 17.7 Å². The van der Waals surface area contributed by atoms with E-state index in [0.717, 1.165) is 11.3 Å². The SMILES string of the molecule is Cc1cc(C)c(-c2cnc3c(Cl)cccn23)cc1C. The number of aromatic nitrogens is 2. The van der Waals surface area contributed by atoms with Crippen LogP contribution in [0.2, 0.25) is 5.02 Å². The third-order valence-electron chi connectivity index (χ3n) is 3.60. The molecule has 1 aromatic carbocycles. The van der Waals surface area contributed by atoms with Crippen LogP contribution in [0.1, 0.15) is 16.7 Å². The molecule has 0 saturated carbocycles. The minimum absolute atomic E-state index is 0.676. The monoisotopic (exact) mass is 270 g/mol. The Labute approximate surface area is 117 Å². The van der Waals surface area contributed by atoms with Crippen molar-refractivity contribution in [3.05, 3.63) is 58.4 Å².